The lowest BCUT2D eigenvalue weighted by molar-refractivity contribution is 0.0300. The van der Waals surface area contributed by atoms with E-state index >= 15 is 0 Å². The fraction of sp³-hybridized carbons (Fsp3) is 0.333. The molecule has 0 bridgehead atoms. The van der Waals surface area contributed by atoms with Crippen LogP contribution in [0.5, 0.6) is 0 Å². The van der Waals surface area contributed by atoms with Gasteiger partial charge in [0, 0.05) is 13.1 Å². The second-order valence-electron chi connectivity index (χ2n) is 6.17. The lowest BCUT2D eigenvalue weighted by atomic mass is 9.93. The second-order valence-corrected chi connectivity index (χ2v) is 6.17. The molecule has 0 amide bonds. The molecule has 124 valence electrons. The van der Waals surface area contributed by atoms with E-state index < -0.39 is 11.2 Å². The van der Waals surface area contributed by atoms with Gasteiger partial charge >= 0.3 is 0 Å². The highest BCUT2D eigenvalue weighted by molar-refractivity contribution is 5.24. The molecule has 0 aromatic heterocycles. The summed E-state index contributed by atoms with van der Waals surface area (Å²) in [5, 5.41) is 23.9. The molecule has 2 aromatic rings. The maximum absolute atomic E-state index is 12.9. The van der Waals surface area contributed by atoms with Crippen LogP contribution < -0.4 is 5.32 Å². The topological polar surface area (TPSA) is 52.5 Å². The highest BCUT2D eigenvalue weighted by atomic mass is 19.1. The highest BCUT2D eigenvalue weighted by Crippen LogP contribution is 2.22. The third-order valence-corrected chi connectivity index (χ3v) is 3.87. The monoisotopic (exact) mass is 321 g/mol. The Kier molecular flexibility index (Phi) is 5.14. The van der Waals surface area contributed by atoms with Crippen LogP contribution >= 0.6 is 0 Å². The van der Waals surface area contributed by atoms with E-state index in [9.17, 15) is 19.0 Å². The van der Waals surface area contributed by atoms with Gasteiger partial charge in [-0.2, -0.15) is 0 Å². The number of hydrogen-bond donors (Lipinski definition) is 3. The molecule has 0 fully saturated rings. The minimum Gasteiger partial charge on any atom is -0.384 e. The number of nitrogens with one attached hydrogen (secondary N) is 1. The van der Waals surface area contributed by atoms with Gasteiger partial charge in [0.2, 0.25) is 0 Å². The van der Waals surface area contributed by atoms with E-state index in [0.29, 0.717) is 11.1 Å². The van der Waals surface area contributed by atoms with Crippen molar-refractivity contribution in [2.45, 2.75) is 25.0 Å². The summed E-state index contributed by atoms with van der Waals surface area (Å²) in [5.41, 5.74) is -1.25. The first-order valence-corrected chi connectivity index (χ1v) is 7.38. The summed E-state index contributed by atoms with van der Waals surface area (Å²) in [4.78, 5) is 0. The molecule has 0 saturated carbocycles. The molecular weight excluding hydrogens is 300 g/mol. The van der Waals surface area contributed by atoms with Crippen LogP contribution in [0.25, 0.3) is 0 Å². The minimum absolute atomic E-state index is 0.177. The van der Waals surface area contributed by atoms with Crippen molar-refractivity contribution in [3.05, 3.63) is 71.3 Å². The normalized spacial score (nSPS) is 16.6. The van der Waals surface area contributed by atoms with Crippen molar-refractivity contribution in [3.8, 4) is 0 Å². The Hall–Kier alpha value is -1.82. The average Bonchev–Trinajstić information content (AvgIpc) is 2.47. The Balaban J connectivity index is 1.97. The van der Waals surface area contributed by atoms with Gasteiger partial charge in [-0.15, -0.1) is 0 Å². The Morgan fingerprint density at radius 1 is 0.739 bits per heavy atom. The summed E-state index contributed by atoms with van der Waals surface area (Å²) >= 11 is 0. The van der Waals surface area contributed by atoms with E-state index in [1.807, 2.05) is 0 Å². The summed E-state index contributed by atoms with van der Waals surface area (Å²) in [6.07, 6.45) is 0. The van der Waals surface area contributed by atoms with E-state index in [0.717, 1.165) is 0 Å². The molecule has 0 radical (unpaired) electrons. The second kappa shape index (κ2) is 6.74. The summed E-state index contributed by atoms with van der Waals surface area (Å²) < 4.78 is 25.9. The molecule has 0 heterocycles. The molecular formula is C18H21F2NO2. The number of hydrogen-bond acceptors (Lipinski definition) is 3. The van der Waals surface area contributed by atoms with Crippen LogP contribution in [0.15, 0.2) is 48.5 Å². The average molecular weight is 321 g/mol. The Morgan fingerprint density at radius 3 is 1.35 bits per heavy atom. The van der Waals surface area contributed by atoms with Gasteiger partial charge in [0.05, 0.1) is 11.2 Å². The molecule has 0 spiro atoms. The van der Waals surface area contributed by atoms with Gasteiger partial charge in [-0.1, -0.05) is 24.3 Å². The van der Waals surface area contributed by atoms with Crippen molar-refractivity contribution >= 4 is 0 Å². The number of benzene rings is 2. The van der Waals surface area contributed by atoms with Gasteiger partial charge < -0.3 is 15.5 Å². The van der Waals surface area contributed by atoms with E-state index in [1.54, 1.807) is 13.8 Å². The quantitative estimate of drug-likeness (QED) is 0.767. The van der Waals surface area contributed by atoms with Crippen molar-refractivity contribution in [2.75, 3.05) is 13.1 Å². The third kappa shape index (κ3) is 4.58. The molecule has 0 saturated heterocycles. The summed E-state index contributed by atoms with van der Waals surface area (Å²) in [6.45, 7) is 3.58. The number of aliphatic hydroxyl groups is 2. The van der Waals surface area contributed by atoms with Crippen LogP contribution in [-0.2, 0) is 11.2 Å². The summed E-state index contributed by atoms with van der Waals surface area (Å²) in [5.74, 6) is -0.728. The molecule has 2 atom stereocenters. The molecule has 2 rings (SSSR count). The van der Waals surface area contributed by atoms with Gasteiger partial charge in [-0.25, -0.2) is 8.78 Å². The number of halogens is 2. The molecule has 0 aliphatic rings. The Morgan fingerprint density at radius 2 is 1.04 bits per heavy atom. The Bertz CT molecular complexity index is 580. The smallest absolute Gasteiger partial charge is 0.123 e. The fourth-order valence-corrected chi connectivity index (χ4v) is 2.37. The van der Waals surface area contributed by atoms with Crippen molar-refractivity contribution in [3.63, 3.8) is 0 Å². The summed E-state index contributed by atoms with van der Waals surface area (Å²) in [6, 6.07) is 11.3. The largest absolute Gasteiger partial charge is 0.384 e. The van der Waals surface area contributed by atoms with Crippen LogP contribution in [0.4, 0.5) is 8.78 Å². The van der Waals surface area contributed by atoms with Gasteiger partial charge in [-0.3, -0.25) is 0 Å². The highest BCUT2D eigenvalue weighted by Gasteiger charge is 2.27. The molecule has 5 heteroatoms. The van der Waals surface area contributed by atoms with Crippen LogP contribution in [0, 0.1) is 11.6 Å². The van der Waals surface area contributed by atoms with Crippen LogP contribution in [0.2, 0.25) is 0 Å². The van der Waals surface area contributed by atoms with E-state index in [1.165, 1.54) is 48.5 Å². The van der Waals surface area contributed by atoms with Gasteiger partial charge in [-0.05, 0) is 49.2 Å². The molecule has 0 unspecified atom stereocenters. The molecule has 3 nitrogen and oxygen atoms in total. The van der Waals surface area contributed by atoms with E-state index in [-0.39, 0.29) is 24.7 Å². The standard InChI is InChI=1S/C18H21F2NO2/c1-17(22,13-3-7-15(19)8-4-13)11-21-12-18(2,23)14-5-9-16(20)10-6-14/h3-10,21-23H,11-12H2,1-2H3/t17-,18+. The molecule has 0 aliphatic carbocycles. The van der Waals surface area contributed by atoms with Crippen molar-refractivity contribution < 1.29 is 19.0 Å². The molecule has 0 aliphatic heterocycles. The first-order valence-electron chi connectivity index (χ1n) is 7.38. The lowest BCUT2D eigenvalue weighted by Crippen LogP contribution is -2.42. The van der Waals surface area contributed by atoms with E-state index in [4.69, 9.17) is 0 Å². The zero-order chi connectivity index (χ0) is 17.1. The maximum atomic E-state index is 12.9. The van der Waals surface area contributed by atoms with Crippen LogP contribution in [-0.4, -0.2) is 23.3 Å². The first-order chi connectivity index (χ1) is 10.7. The van der Waals surface area contributed by atoms with E-state index in [2.05, 4.69) is 5.32 Å². The van der Waals surface area contributed by atoms with Crippen LogP contribution in [0.3, 0.4) is 0 Å². The zero-order valence-electron chi connectivity index (χ0n) is 13.2. The molecule has 2 aromatic carbocycles. The first kappa shape index (κ1) is 17.5. The third-order valence-electron chi connectivity index (χ3n) is 3.87. The minimum atomic E-state index is -1.20. The zero-order valence-corrected chi connectivity index (χ0v) is 13.2. The Labute approximate surface area is 134 Å². The van der Waals surface area contributed by atoms with Crippen molar-refractivity contribution in [1.82, 2.24) is 5.32 Å². The predicted molar refractivity (Wildman–Crippen MR) is 84.8 cm³/mol. The SMILES string of the molecule is C[C@](O)(CNC[C@@](C)(O)c1ccc(F)cc1)c1ccc(F)cc1. The summed E-state index contributed by atoms with van der Waals surface area (Å²) in [7, 11) is 0. The lowest BCUT2D eigenvalue weighted by Gasteiger charge is -2.29. The predicted octanol–water partition coefficient (Wildman–Crippen LogP) is 2.67. The van der Waals surface area contributed by atoms with Crippen molar-refractivity contribution in [1.29, 1.82) is 0 Å². The number of rotatable bonds is 6. The van der Waals surface area contributed by atoms with Gasteiger partial charge in [0.15, 0.2) is 0 Å². The fourth-order valence-electron chi connectivity index (χ4n) is 2.37. The van der Waals surface area contributed by atoms with Gasteiger partial charge in [0.1, 0.15) is 11.6 Å². The van der Waals surface area contributed by atoms with Crippen LogP contribution in [0.1, 0.15) is 25.0 Å². The molecule has 23 heavy (non-hydrogen) atoms. The maximum Gasteiger partial charge on any atom is 0.123 e. The molecule has 3 N–H and O–H groups in total. The van der Waals surface area contributed by atoms with Crippen molar-refractivity contribution in [2.24, 2.45) is 0 Å². The van der Waals surface area contributed by atoms with Gasteiger partial charge in [0.25, 0.3) is 0 Å².